The van der Waals surface area contributed by atoms with Crippen molar-refractivity contribution in [2.45, 2.75) is 29.7 Å². The maximum absolute atomic E-state index is 14.0. The number of benzene rings is 3. The molecule has 3 heterocycles. The van der Waals surface area contributed by atoms with Gasteiger partial charge in [0.2, 0.25) is 17.7 Å². The lowest BCUT2D eigenvalue weighted by atomic mass is 9.83. The van der Waals surface area contributed by atoms with Crippen molar-refractivity contribution in [3.05, 3.63) is 103 Å². The summed E-state index contributed by atoms with van der Waals surface area (Å²) in [5, 5.41) is 2.69. The van der Waals surface area contributed by atoms with Gasteiger partial charge in [0.15, 0.2) is 0 Å². The molecule has 0 radical (unpaired) electrons. The smallest absolute Gasteiger partial charge is 0.308 e. The molecule has 0 aliphatic carbocycles. The summed E-state index contributed by atoms with van der Waals surface area (Å²) in [4.78, 5) is 58.0. The van der Waals surface area contributed by atoms with Crippen LogP contribution in [0, 0.1) is 12.8 Å². The predicted octanol–water partition coefficient (Wildman–Crippen LogP) is 5.48. The molecule has 42 heavy (non-hydrogen) atoms. The third-order valence-corrected chi connectivity index (χ3v) is 10.6. The number of thiazole rings is 1. The van der Waals surface area contributed by atoms with Crippen LogP contribution in [0.1, 0.15) is 21.9 Å². The zero-order valence-electron chi connectivity index (χ0n) is 23.0. The summed E-state index contributed by atoms with van der Waals surface area (Å²) in [6.45, 7) is 1.74. The first kappa shape index (κ1) is 28.4. The van der Waals surface area contributed by atoms with Crippen LogP contribution in [0.4, 0.5) is 17.1 Å². The maximum atomic E-state index is 14.0. The number of halogens is 1. The third-order valence-electron chi connectivity index (χ3n) is 7.51. The number of aromatic nitrogens is 1. The van der Waals surface area contributed by atoms with Gasteiger partial charge in [0.25, 0.3) is 0 Å². The highest BCUT2D eigenvalue weighted by Gasteiger charge is 2.56. The molecule has 2 aliphatic heterocycles. The number of amides is 3. The summed E-state index contributed by atoms with van der Waals surface area (Å²) in [6.07, 6.45) is 0. The molecule has 11 heteroatoms. The molecule has 0 spiro atoms. The number of nitrogens with zero attached hydrogens (tertiary/aromatic N) is 3. The van der Waals surface area contributed by atoms with E-state index in [4.69, 9.17) is 0 Å². The Balaban J connectivity index is 1.41. The fourth-order valence-corrected chi connectivity index (χ4v) is 8.54. The number of anilines is 3. The molecule has 3 atom stereocenters. The quantitative estimate of drug-likeness (QED) is 0.275. The first-order valence-electron chi connectivity index (χ1n) is 13.3. The van der Waals surface area contributed by atoms with Gasteiger partial charge in [-0.25, -0.2) is 4.90 Å². The number of hydrogen-bond donors (Lipinski definition) is 1. The van der Waals surface area contributed by atoms with E-state index >= 15 is 0 Å². The largest absolute Gasteiger partial charge is 0.378 e. The van der Waals surface area contributed by atoms with E-state index in [0.717, 1.165) is 32.6 Å². The van der Waals surface area contributed by atoms with Crippen molar-refractivity contribution in [2.24, 2.45) is 5.92 Å². The zero-order valence-corrected chi connectivity index (χ0v) is 26.3. The van der Waals surface area contributed by atoms with Crippen LogP contribution < -0.4 is 20.0 Å². The lowest BCUT2D eigenvalue weighted by Gasteiger charge is -2.31. The van der Waals surface area contributed by atoms with Gasteiger partial charge in [-0.3, -0.25) is 23.7 Å². The minimum absolute atomic E-state index is 0.201. The summed E-state index contributed by atoms with van der Waals surface area (Å²) in [7, 11) is 3.90. The highest BCUT2D eigenvalue weighted by Crippen LogP contribution is 2.54. The van der Waals surface area contributed by atoms with Gasteiger partial charge >= 0.3 is 4.87 Å². The van der Waals surface area contributed by atoms with Gasteiger partial charge in [-0.2, -0.15) is 0 Å². The highest BCUT2D eigenvalue weighted by molar-refractivity contribution is 9.10. The van der Waals surface area contributed by atoms with Crippen molar-refractivity contribution in [1.29, 1.82) is 0 Å². The average molecular weight is 664 g/mol. The van der Waals surface area contributed by atoms with Crippen molar-refractivity contribution >= 4 is 73.8 Å². The van der Waals surface area contributed by atoms with Crippen molar-refractivity contribution in [1.82, 2.24) is 4.57 Å². The third kappa shape index (κ3) is 5.10. The van der Waals surface area contributed by atoms with E-state index in [1.807, 2.05) is 68.4 Å². The van der Waals surface area contributed by atoms with E-state index in [1.165, 1.54) is 21.2 Å². The van der Waals surface area contributed by atoms with E-state index in [9.17, 15) is 19.2 Å². The lowest BCUT2D eigenvalue weighted by molar-refractivity contribution is -0.122. The molecule has 0 bridgehead atoms. The second-order valence-electron chi connectivity index (χ2n) is 10.6. The topological polar surface area (TPSA) is 91.7 Å². The first-order chi connectivity index (χ1) is 20.1. The summed E-state index contributed by atoms with van der Waals surface area (Å²) in [6, 6.07) is 22.4. The Morgan fingerprint density at radius 1 is 0.976 bits per heavy atom. The molecule has 214 valence electrons. The Kier molecular flexibility index (Phi) is 7.59. The number of aryl methyl sites for hydroxylation is 1. The molecule has 0 saturated carbocycles. The van der Waals surface area contributed by atoms with Gasteiger partial charge in [-0.15, -0.1) is 0 Å². The Labute approximate surface area is 259 Å². The Morgan fingerprint density at radius 3 is 2.36 bits per heavy atom. The number of carbonyl (C=O) groups is 3. The number of nitrogens with one attached hydrogen (secondary N) is 1. The summed E-state index contributed by atoms with van der Waals surface area (Å²) in [5.41, 5.74) is 3.98. The molecule has 1 aromatic heterocycles. The minimum Gasteiger partial charge on any atom is -0.378 e. The molecular weight excluding hydrogens is 636 g/mol. The van der Waals surface area contributed by atoms with Crippen LogP contribution in [0.5, 0.6) is 0 Å². The number of carbonyl (C=O) groups excluding carboxylic acids is 3. The second kappa shape index (κ2) is 11.2. The van der Waals surface area contributed by atoms with Crippen molar-refractivity contribution in [2.75, 3.05) is 29.2 Å². The number of thioether (sulfide) groups is 1. The zero-order chi connectivity index (χ0) is 29.7. The highest BCUT2D eigenvalue weighted by atomic mass is 79.9. The summed E-state index contributed by atoms with van der Waals surface area (Å²) in [5.74, 6) is -2.18. The maximum Gasteiger partial charge on any atom is 0.308 e. The van der Waals surface area contributed by atoms with E-state index in [1.54, 1.807) is 30.3 Å². The van der Waals surface area contributed by atoms with Crippen LogP contribution in [-0.4, -0.2) is 41.6 Å². The molecule has 6 rings (SSSR count). The average Bonchev–Trinajstić information content (AvgIpc) is 3.40. The van der Waals surface area contributed by atoms with Gasteiger partial charge in [0.1, 0.15) is 11.8 Å². The number of rotatable bonds is 6. The van der Waals surface area contributed by atoms with Gasteiger partial charge in [0, 0.05) is 40.7 Å². The molecule has 3 aromatic carbocycles. The lowest BCUT2D eigenvalue weighted by Crippen LogP contribution is -2.33. The number of hydrogen-bond acceptors (Lipinski definition) is 7. The molecule has 2 unspecified atom stereocenters. The monoisotopic (exact) mass is 662 g/mol. The molecule has 1 fully saturated rings. The van der Waals surface area contributed by atoms with Crippen molar-refractivity contribution < 1.29 is 14.4 Å². The predicted molar refractivity (Wildman–Crippen MR) is 171 cm³/mol. The van der Waals surface area contributed by atoms with Crippen LogP contribution in [0.3, 0.4) is 0 Å². The second-order valence-corrected chi connectivity index (χ2v) is 13.6. The number of fused-ring (bicyclic) bond motifs is 2. The normalized spacial score (nSPS) is 19.4. The summed E-state index contributed by atoms with van der Waals surface area (Å²) >= 11 is 5.66. The SMILES string of the molecule is Cc1cccc(NC(=O)Cn2c3c(sc2=O)[C@H](c2ccc(N(C)C)cc2)C2C(=O)N(c4ccc(Br)cc4)C(=O)C2S3)c1. The van der Waals surface area contributed by atoms with Gasteiger partial charge < -0.3 is 10.2 Å². The molecule has 4 aromatic rings. The van der Waals surface area contributed by atoms with Gasteiger partial charge in [0.05, 0.1) is 16.6 Å². The standard InChI is InChI=1S/C31H27BrN4O4S2/c1-17-5-4-6-20(15-17)33-23(37)16-35-30-27(42-31(35)40)24(18-7-11-21(12-8-18)34(2)3)25-26(41-30)29(39)36(28(25)38)22-13-9-19(32)10-14-22/h4-15,24-26H,16H2,1-3H3,(H,33,37)/t24-,25?,26?/m1/s1. The Bertz CT molecular complexity index is 1760. The van der Waals surface area contributed by atoms with Crippen LogP contribution in [-0.2, 0) is 20.9 Å². The summed E-state index contributed by atoms with van der Waals surface area (Å²) < 4.78 is 2.28. The molecule has 2 aliphatic rings. The fourth-order valence-electron chi connectivity index (χ4n) is 5.51. The van der Waals surface area contributed by atoms with Gasteiger partial charge in [-0.05, 0) is 66.6 Å². The molecule has 8 nitrogen and oxygen atoms in total. The minimum atomic E-state index is -0.743. The first-order valence-corrected chi connectivity index (χ1v) is 15.8. The van der Waals surface area contributed by atoms with E-state index < -0.39 is 17.1 Å². The molecule has 1 N–H and O–H groups in total. The molecule has 1 saturated heterocycles. The van der Waals surface area contributed by atoms with Gasteiger partial charge in [-0.1, -0.05) is 63.3 Å². The number of imide groups is 1. The Hall–Kier alpha value is -3.67. The van der Waals surface area contributed by atoms with Crippen LogP contribution in [0.2, 0.25) is 0 Å². The van der Waals surface area contributed by atoms with E-state index in [-0.39, 0.29) is 29.1 Å². The van der Waals surface area contributed by atoms with Crippen LogP contribution >= 0.6 is 39.0 Å². The van der Waals surface area contributed by atoms with Crippen molar-refractivity contribution in [3.8, 4) is 0 Å². The van der Waals surface area contributed by atoms with Crippen molar-refractivity contribution in [3.63, 3.8) is 0 Å². The molecular formula is C31H27BrN4O4S2. The molecule has 3 amide bonds. The fraction of sp³-hybridized carbons (Fsp3) is 0.226. The van der Waals surface area contributed by atoms with Crippen LogP contribution in [0.25, 0.3) is 0 Å². The van der Waals surface area contributed by atoms with E-state index in [2.05, 4.69) is 21.2 Å². The Morgan fingerprint density at radius 2 is 1.69 bits per heavy atom. The van der Waals surface area contributed by atoms with E-state index in [0.29, 0.717) is 21.3 Å². The van der Waals surface area contributed by atoms with Crippen LogP contribution in [0.15, 0.2) is 87.1 Å².